The Labute approximate surface area is 110 Å². The number of hydrogen-bond acceptors (Lipinski definition) is 3. The van der Waals surface area contributed by atoms with Gasteiger partial charge in [0.25, 0.3) is 0 Å². The molecule has 1 atom stereocenters. The maximum absolute atomic E-state index is 5.63. The Bertz CT molecular complexity index is 389. The number of hydrazine groups is 1. The van der Waals surface area contributed by atoms with Crippen molar-refractivity contribution >= 4 is 15.9 Å². The van der Waals surface area contributed by atoms with Crippen molar-refractivity contribution in [3.8, 4) is 0 Å². The van der Waals surface area contributed by atoms with Crippen LogP contribution in [0.3, 0.4) is 0 Å². The van der Waals surface area contributed by atoms with Gasteiger partial charge in [-0.05, 0) is 42.5 Å². The Morgan fingerprint density at radius 2 is 2.12 bits per heavy atom. The molecule has 4 heteroatoms. The Morgan fingerprint density at radius 3 is 2.71 bits per heavy atom. The summed E-state index contributed by atoms with van der Waals surface area (Å²) in [6, 6.07) is 8.48. The highest BCUT2D eigenvalue weighted by molar-refractivity contribution is 9.10. The quantitative estimate of drug-likeness (QED) is 0.663. The first-order chi connectivity index (χ1) is 8.29. The normalized spacial score (nSPS) is 17.2. The number of halogens is 1. The molecule has 1 aromatic rings. The van der Waals surface area contributed by atoms with E-state index in [0.29, 0.717) is 0 Å². The Hall–Kier alpha value is -0.840. The van der Waals surface area contributed by atoms with Gasteiger partial charge in [0.15, 0.2) is 0 Å². The molecule has 0 bridgehead atoms. The van der Waals surface area contributed by atoms with E-state index >= 15 is 0 Å². The summed E-state index contributed by atoms with van der Waals surface area (Å²) in [6.45, 7) is 0.819. The number of nitrogens with one attached hydrogen (secondary N) is 1. The molecule has 3 N–H and O–H groups in total. The smallest absolute Gasteiger partial charge is 0.0876 e. The van der Waals surface area contributed by atoms with Crippen molar-refractivity contribution in [2.24, 2.45) is 5.84 Å². The second-order valence-electron chi connectivity index (χ2n) is 4.22. The molecule has 0 amide bonds. The molecule has 3 nitrogen and oxygen atoms in total. The number of benzene rings is 1. The Morgan fingerprint density at radius 1 is 1.35 bits per heavy atom. The summed E-state index contributed by atoms with van der Waals surface area (Å²) in [5.41, 5.74) is 5.39. The van der Waals surface area contributed by atoms with E-state index in [1.54, 1.807) is 0 Å². The summed E-state index contributed by atoms with van der Waals surface area (Å²) >= 11 is 3.43. The fourth-order valence-electron chi connectivity index (χ4n) is 1.99. The molecule has 1 aliphatic rings. The summed E-state index contributed by atoms with van der Waals surface area (Å²) in [7, 11) is 0. The van der Waals surface area contributed by atoms with Gasteiger partial charge < -0.3 is 4.74 Å². The molecule has 2 rings (SSSR count). The van der Waals surface area contributed by atoms with Crippen LogP contribution in [0, 0.1) is 0 Å². The monoisotopic (exact) mass is 296 g/mol. The minimum atomic E-state index is 0.163. The average Bonchev–Trinajstić information content (AvgIpc) is 2.39. The van der Waals surface area contributed by atoms with E-state index in [4.69, 9.17) is 10.6 Å². The van der Waals surface area contributed by atoms with Gasteiger partial charge in [0.05, 0.1) is 12.9 Å². The van der Waals surface area contributed by atoms with Crippen LogP contribution in [0.15, 0.2) is 40.6 Å². The maximum atomic E-state index is 5.63. The van der Waals surface area contributed by atoms with Crippen LogP contribution in [-0.4, -0.2) is 12.6 Å². The third kappa shape index (κ3) is 3.56. The van der Waals surface area contributed by atoms with Crippen molar-refractivity contribution in [3.05, 3.63) is 46.1 Å². The van der Waals surface area contributed by atoms with Crippen molar-refractivity contribution in [1.29, 1.82) is 0 Å². The van der Waals surface area contributed by atoms with Crippen molar-refractivity contribution in [3.63, 3.8) is 0 Å². The van der Waals surface area contributed by atoms with Crippen molar-refractivity contribution < 1.29 is 4.74 Å². The second-order valence-corrected chi connectivity index (χ2v) is 5.13. The highest BCUT2D eigenvalue weighted by Gasteiger charge is 2.16. The molecule has 1 aliphatic heterocycles. The van der Waals surface area contributed by atoms with E-state index in [9.17, 15) is 0 Å². The molecule has 1 unspecified atom stereocenters. The van der Waals surface area contributed by atoms with Gasteiger partial charge in [-0.3, -0.25) is 11.3 Å². The molecule has 0 fully saturated rings. The fourth-order valence-corrected chi connectivity index (χ4v) is 2.26. The molecule has 0 aromatic heterocycles. The second kappa shape index (κ2) is 6.19. The maximum Gasteiger partial charge on any atom is 0.0876 e. The van der Waals surface area contributed by atoms with E-state index in [0.717, 1.165) is 30.3 Å². The molecule has 0 aliphatic carbocycles. The molecule has 0 spiro atoms. The first-order valence-electron chi connectivity index (χ1n) is 5.80. The predicted molar refractivity (Wildman–Crippen MR) is 72.2 cm³/mol. The van der Waals surface area contributed by atoms with Crippen LogP contribution in [0.25, 0.3) is 0 Å². The van der Waals surface area contributed by atoms with Crippen LogP contribution < -0.4 is 11.3 Å². The van der Waals surface area contributed by atoms with Crippen molar-refractivity contribution in [1.82, 2.24) is 5.43 Å². The van der Waals surface area contributed by atoms with Crippen LogP contribution >= 0.6 is 15.9 Å². The summed E-state index contributed by atoms with van der Waals surface area (Å²) in [6.07, 6.45) is 4.88. The first kappa shape index (κ1) is 12.6. The lowest BCUT2D eigenvalue weighted by Crippen LogP contribution is -2.39. The molecular weight excluding hydrogens is 280 g/mol. The molecule has 0 radical (unpaired) electrons. The lowest BCUT2D eigenvalue weighted by molar-refractivity contribution is 0.219. The molecule has 92 valence electrons. The lowest BCUT2D eigenvalue weighted by atomic mass is 9.96. The fraction of sp³-hybridized carbons (Fsp3) is 0.385. The third-order valence-electron chi connectivity index (χ3n) is 2.96. The summed E-state index contributed by atoms with van der Waals surface area (Å²) in [4.78, 5) is 0. The average molecular weight is 297 g/mol. The standard InChI is InChI=1S/C13H17BrN2O/c14-12-5-3-10(4-6-12)8-13(16-15)11-2-1-7-17-9-11/h3-6,9,13,16H,1-2,7-8,15H2. The van der Waals surface area contributed by atoms with Gasteiger partial charge >= 0.3 is 0 Å². The molecule has 0 saturated carbocycles. The molecule has 1 aromatic carbocycles. The van der Waals surface area contributed by atoms with Gasteiger partial charge in [0.2, 0.25) is 0 Å². The Kier molecular flexibility index (Phi) is 4.59. The highest BCUT2D eigenvalue weighted by atomic mass is 79.9. The van der Waals surface area contributed by atoms with Crippen LogP contribution in [0.2, 0.25) is 0 Å². The minimum absolute atomic E-state index is 0.163. The zero-order valence-corrected chi connectivity index (χ0v) is 11.2. The van der Waals surface area contributed by atoms with Gasteiger partial charge in [-0.2, -0.15) is 0 Å². The summed E-state index contributed by atoms with van der Waals surface area (Å²) in [5, 5.41) is 0. The first-order valence-corrected chi connectivity index (χ1v) is 6.60. The zero-order valence-electron chi connectivity index (χ0n) is 9.66. The summed E-state index contributed by atoms with van der Waals surface area (Å²) in [5.74, 6) is 5.63. The van der Waals surface area contributed by atoms with Crippen LogP contribution in [0.1, 0.15) is 18.4 Å². The van der Waals surface area contributed by atoms with Gasteiger partial charge in [-0.25, -0.2) is 0 Å². The van der Waals surface area contributed by atoms with Gasteiger partial charge in [0, 0.05) is 10.5 Å². The lowest BCUT2D eigenvalue weighted by Gasteiger charge is -2.22. The largest absolute Gasteiger partial charge is 0.501 e. The van der Waals surface area contributed by atoms with Crippen molar-refractivity contribution in [2.75, 3.05) is 6.61 Å². The topological polar surface area (TPSA) is 47.3 Å². The van der Waals surface area contributed by atoms with E-state index in [-0.39, 0.29) is 6.04 Å². The van der Waals surface area contributed by atoms with E-state index in [1.165, 1.54) is 11.1 Å². The van der Waals surface area contributed by atoms with Crippen LogP contribution in [-0.2, 0) is 11.2 Å². The number of ether oxygens (including phenoxy) is 1. The van der Waals surface area contributed by atoms with E-state index in [2.05, 4.69) is 45.6 Å². The van der Waals surface area contributed by atoms with Gasteiger partial charge in [-0.1, -0.05) is 28.1 Å². The van der Waals surface area contributed by atoms with Crippen LogP contribution in [0.4, 0.5) is 0 Å². The number of rotatable bonds is 4. The molecule has 1 heterocycles. The van der Waals surface area contributed by atoms with Crippen LogP contribution in [0.5, 0.6) is 0 Å². The van der Waals surface area contributed by atoms with Gasteiger partial charge in [-0.15, -0.1) is 0 Å². The van der Waals surface area contributed by atoms with Crippen molar-refractivity contribution in [2.45, 2.75) is 25.3 Å². The van der Waals surface area contributed by atoms with E-state index in [1.807, 2.05) is 6.26 Å². The van der Waals surface area contributed by atoms with E-state index < -0.39 is 0 Å². The molecule has 0 saturated heterocycles. The van der Waals surface area contributed by atoms with Gasteiger partial charge in [0.1, 0.15) is 0 Å². The summed E-state index contributed by atoms with van der Waals surface area (Å²) < 4.78 is 6.45. The minimum Gasteiger partial charge on any atom is -0.501 e. The number of hydrogen-bond donors (Lipinski definition) is 2. The molecular formula is C13H17BrN2O. The third-order valence-corrected chi connectivity index (χ3v) is 3.49. The zero-order chi connectivity index (χ0) is 12.1. The highest BCUT2D eigenvalue weighted by Crippen LogP contribution is 2.19. The predicted octanol–water partition coefficient (Wildman–Crippen LogP) is 2.52. The Balaban J connectivity index is 2.04. The SMILES string of the molecule is NNC(Cc1ccc(Br)cc1)C1=COCCC1. The molecule has 17 heavy (non-hydrogen) atoms. The number of nitrogens with two attached hydrogens (primary N) is 1.